The van der Waals surface area contributed by atoms with E-state index in [9.17, 15) is 0 Å². The van der Waals surface area contributed by atoms with Crippen LogP contribution in [0.1, 0.15) is 11.1 Å². The van der Waals surface area contributed by atoms with Crippen LogP contribution in [0.5, 0.6) is 11.5 Å². The molecule has 0 bridgehead atoms. The van der Waals surface area contributed by atoms with Gasteiger partial charge in [0, 0.05) is 11.8 Å². The van der Waals surface area contributed by atoms with Gasteiger partial charge in [-0.15, -0.1) is 0 Å². The highest BCUT2D eigenvalue weighted by molar-refractivity contribution is 5.86. The molecule has 2 aromatic rings. The van der Waals surface area contributed by atoms with Crippen molar-refractivity contribution >= 4 is 11.9 Å². The van der Waals surface area contributed by atoms with Crippen LogP contribution < -0.4 is 9.47 Å². The van der Waals surface area contributed by atoms with Crippen molar-refractivity contribution in [1.82, 2.24) is 0 Å². The third-order valence-electron chi connectivity index (χ3n) is 2.82. The van der Waals surface area contributed by atoms with Crippen molar-refractivity contribution in [2.45, 2.75) is 6.92 Å². The molecule has 0 unspecified atom stereocenters. The van der Waals surface area contributed by atoms with Crippen LogP contribution in [0.15, 0.2) is 47.5 Å². The molecule has 0 saturated carbocycles. The van der Waals surface area contributed by atoms with Gasteiger partial charge >= 0.3 is 0 Å². The van der Waals surface area contributed by atoms with Crippen molar-refractivity contribution in [3.63, 3.8) is 0 Å². The fraction of sp³-hybridized carbons (Fsp3) is 0.188. The summed E-state index contributed by atoms with van der Waals surface area (Å²) >= 11 is 0. The average molecular weight is 255 g/mol. The Morgan fingerprint density at radius 1 is 0.947 bits per heavy atom. The summed E-state index contributed by atoms with van der Waals surface area (Å²) in [4.78, 5) is 4.44. The monoisotopic (exact) mass is 255 g/mol. The third kappa shape index (κ3) is 3.35. The molecule has 0 saturated heterocycles. The summed E-state index contributed by atoms with van der Waals surface area (Å²) in [7, 11) is 3.29. The number of aliphatic imine (C=N–C) groups is 1. The van der Waals surface area contributed by atoms with E-state index in [1.54, 1.807) is 20.4 Å². The van der Waals surface area contributed by atoms with E-state index in [1.807, 2.05) is 42.5 Å². The SMILES string of the molecule is COc1ccc(OC)c(C=Nc2ccc(C)cc2)c1. The summed E-state index contributed by atoms with van der Waals surface area (Å²) in [5.74, 6) is 1.56. The normalized spacial score (nSPS) is 10.7. The molecule has 0 aliphatic carbocycles. The van der Waals surface area contributed by atoms with Crippen LogP contribution in [0.4, 0.5) is 5.69 Å². The van der Waals surface area contributed by atoms with Crippen molar-refractivity contribution < 1.29 is 9.47 Å². The van der Waals surface area contributed by atoms with Crippen LogP contribution in [0.2, 0.25) is 0 Å². The van der Waals surface area contributed by atoms with Gasteiger partial charge in [-0.1, -0.05) is 17.7 Å². The smallest absolute Gasteiger partial charge is 0.127 e. The van der Waals surface area contributed by atoms with E-state index in [4.69, 9.17) is 9.47 Å². The van der Waals surface area contributed by atoms with E-state index in [0.717, 1.165) is 22.7 Å². The summed E-state index contributed by atoms with van der Waals surface area (Å²) in [6, 6.07) is 13.7. The maximum Gasteiger partial charge on any atom is 0.127 e. The molecular formula is C16H17NO2. The van der Waals surface area contributed by atoms with E-state index in [-0.39, 0.29) is 0 Å². The second kappa shape index (κ2) is 6.05. The van der Waals surface area contributed by atoms with Crippen LogP contribution >= 0.6 is 0 Å². The van der Waals surface area contributed by atoms with Crippen molar-refractivity contribution in [2.75, 3.05) is 14.2 Å². The molecule has 0 aliphatic rings. The van der Waals surface area contributed by atoms with E-state index in [2.05, 4.69) is 11.9 Å². The molecule has 0 amide bonds. The Hall–Kier alpha value is -2.29. The fourth-order valence-electron chi connectivity index (χ4n) is 1.72. The van der Waals surface area contributed by atoms with E-state index in [0.29, 0.717) is 0 Å². The van der Waals surface area contributed by atoms with E-state index < -0.39 is 0 Å². The number of aryl methyl sites for hydroxylation is 1. The lowest BCUT2D eigenvalue weighted by molar-refractivity contribution is 0.402. The number of benzene rings is 2. The first kappa shape index (κ1) is 13.1. The van der Waals surface area contributed by atoms with Gasteiger partial charge in [0.1, 0.15) is 11.5 Å². The molecule has 2 rings (SSSR count). The molecule has 19 heavy (non-hydrogen) atoms. The van der Waals surface area contributed by atoms with Crippen molar-refractivity contribution in [2.24, 2.45) is 4.99 Å². The minimum absolute atomic E-state index is 0.775. The number of hydrogen-bond acceptors (Lipinski definition) is 3. The Kier molecular flexibility index (Phi) is 4.18. The number of nitrogens with zero attached hydrogens (tertiary/aromatic N) is 1. The molecule has 3 nitrogen and oxygen atoms in total. The molecule has 0 aromatic heterocycles. The number of rotatable bonds is 4. The van der Waals surface area contributed by atoms with Gasteiger partial charge in [0.25, 0.3) is 0 Å². The Labute approximate surface area is 113 Å². The lowest BCUT2D eigenvalue weighted by Crippen LogP contribution is -1.92. The third-order valence-corrected chi connectivity index (χ3v) is 2.82. The molecular weight excluding hydrogens is 238 g/mol. The maximum atomic E-state index is 5.31. The van der Waals surface area contributed by atoms with Crippen molar-refractivity contribution in [1.29, 1.82) is 0 Å². The zero-order valence-corrected chi connectivity index (χ0v) is 11.4. The largest absolute Gasteiger partial charge is 0.497 e. The van der Waals surface area contributed by atoms with Gasteiger partial charge in [-0.2, -0.15) is 0 Å². The first-order valence-electron chi connectivity index (χ1n) is 6.05. The predicted octanol–water partition coefficient (Wildman–Crippen LogP) is 3.76. The Morgan fingerprint density at radius 2 is 1.68 bits per heavy atom. The second-order valence-corrected chi connectivity index (χ2v) is 4.20. The second-order valence-electron chi connectivity index (χ2n) is 4.20. The highest BCUT2D eigenvalue weighted by atomic mass is 16.5. The molecule has 0 aliphatic heterocycles. The molecule has 2 aromatic carbocycles. The number of hydrogen-bond donors (Lipinski definition) is 0. The average Bonchev–Trinajstić information content (AvgIpc) is 2.46. The summed E-state index contributed by atoms with van der Waals surface area (Å²) in [6.45, 7) is 2.05. The minimum Gasteiger partial charge on any atom is -0.497 e. The van der Waals surface area contributed by atoms with E-state index in [1.165, 1.54) is 5.56 Å². The topological polar surface area (TPSA) is 30.8 Å². The van der Waals surface area contributed by atoms with Crippen LogP contribution in [-0.4, -0.2) is 20.4 Å². The lowest BCUT2D eigenvalue weighted by atomic mass is 10.2. The molecule has 3 heteroatoms. The van der Waals surface area contributed by atoms with Gasteiger partial charge in [-0.25, -0.2) is 0 Å². The Morgan fingerprint density at radius 3 is 2.32 bits per heavy atom. The van der Waals surface area contributed by atoms with Gasteiger partial charge in [0.05, 0.1) is 19.9 Å². The quantitative estimate of drug-likeness (QED) is 0.779. The van der Waals surface area contributed by atoms with Crippen LogP contribution in [-0.2, 0) is 0 Å². The van der Waals surface area contributed by atoms with Gasteiger partial charge in [0.2, 0.25) is 0 Å². The molecule has 0 spiro atoms. The predicted molar refractivity (Wildman–Crippen MR) is 78.0 cm³/mol. The summed E-state index contributed by atoms with van der Waals surface area (Å²) < 4.78 is 10.5. The first-order chi connectivity index (χ1) is 9.22. The summed E-state index contributed by atoms with van der Waals surface area (Å²) in [6.07, 6.45) is 1.78. The Balaban J connectivity index is 2.28. The fourth-order valence-corrected chi connectivity index (χ4v) is 1.72. The van der Waals surface area contributed by atoms with E-state index >= 15 is 0 Å². The summed E-state index contributed by atoms with van der Waals surface area (Å²) in [5, 5.41) is 0. The van der Waals surface area contributed by atoms with Gasteiger partial charge in [0.15, 0.2) is 0 Å². The highest BCUT2D eigenvalue weighted by Gasteiger charge is 2.02. The minimum atomic E-state index is 0.775. The van der Waals surface area contributed by atoms with Crippen LogP contribution in [0, 0.1) is 6.92 Å². The summed E-state index contributed by atoms with van der Waals surface area (Å²) in [5.41, 5.74) is 3.02. The number of methoxy groups -OCH3 is 2. The Bertz CT molecular complexity index is 574. The first-order valence-corrected chi connectivity index (χ1v) is 6.05. The lowest BCUT2D eigenvalue weighted by Gasteiger charge is -2.06. The maximum absolute atomic E-state index is 5.31. The van der Waals surface area contributed by atoms with Gasteiger partial charge in [-0.3, -0.25) is 4.99 Å². The molecule has 0 fully saturated rings. The van der Waals surface area contributed by atoms with Crippen LogP contribution in [0.25, 0.3) is 0 Å². The molecule has 0 radical (unpaired) electrons. The molecule has 0 N–H and O–H groups in total. The zero-order chi connectivity index (χ0) is 13.7. The van der Waals surface area contributed by atoms with Gasteiger partial charge < -0.3 is 9.47 Å². The van der Waals surface area contributed by atoms with Crippen molar-refractivity contribution in [3.05, 3.63) is 53.6 Å². The van der Waals surface area contributed by atoms with Crippen LogP contribution in [0.3, 0.4) is 0 Å². The zero-order valence-electron chi connectivity index (χ0n) is 11.4. The molecule has 0 heterocycles. The van der Waals surface area contributed by atoms with Crippen molar-refractivity contribution in [3.8, 4) is 11.5 Å². The standard InChI is InChI=1S/C16H17NO2/c1-12-4-6-14(7-5-12)17-11-13-10-15(18-2)8-9-16(13)19-3/h4-11H,1-3H3. The molecule has 0 atom stereocenters. The number of ether oxygens (including phenoxy) is 2. The highest BCUT2D eigenvalue weighted by Crippen LogP contribution is 2.23. The van der Waals surface area contributed by atoms with Gasteiger partial charge in [-0.05, 0) is 37.3 Å². The molecule has 98 valence electrons.